The number of nitrogen functional groups attached to an aromatic ring is 1. The highest BCUT2D eigenvalue weighted by atomic mass is 16.5. The molecule has 1 aromatic carbocycles. The minimum atomic E-state index is 0.726. The van der Waals surface area contributed by atoms with Crippen molar-refractivity contribution in [1.29, 1.82) is 0 Å². The number of aromatic nitrogens is 2. The summed E-state index contributed by atoms with van der Waals surface area (Å²) in [7, 11) is 3.72. The molecule has 0 atom stereocenters. The van der Waals surface area contributed by atoms with Gasteiger partial charge in [-0.2, -0.15) is 0 Å². The first-order chi connectivity index (χ1) is 8.72. The molecular formula is C13H18N4O. The van der Waals surface area contributed by atoms with Crippen LogP contribution in [0.3, 0.4) is 0 Å². The van der Waals surface area contributed by atoms with Crippen molar-refractivity contribution >= 4 is 22.4 Å². The van der Waals surface area contributed by atoms with Crippen molar-refractivity contribution in [3.63, 3.8) is 0 Å². The molecule has 1 heterocycles. The number of ether oxygens (including phenoxy) is 1. The van der Waals surface area contributed by atoms with Crippen LogP contribution in [0.5, 0.6) is 0 Å². The topological polar surface area (TPSA) is 64.3 Å². The van der Waals surface area contributed by atoms with Gasteiger partial charge in [-0.1, -0.05) is 0 Å². The van der Waals surface area contributed by atoms with Crippen molar-refractivity contribution in [2.45, 2.75) is 6.42 Å². The fourth-order valence-electron chi connectivity index (χ4n) is 1.92. The molecule has 1 aromatic heterocycles. The molecule has 0 aliphatic carbocycles. The number of benzene rings is 1. The van der Waals surface area contributed by atoms with Crippen LogP contribution in [-0.4, -0.2) is 37.3 Å². The van der Waals surface area contributed by atoms with E-state index in [-0.39, 0.29) is 0 Å². The molecule has 96 valence electrons. The Hall–Kier alpha value is -1.88. The molecule has 0 radical (unpaired) electrons. The molecule has 2 aromatic rings. The first-order valence-corrected chi connectivity index (χ1v) is 5.92. The molecule has 0 saturated carbocycles. The SMILES string of the molecule is COCCCN(C)c1ncnc2ccc(N)cc12. The van der Waals surface area contributed by atoms with Gasteiger partial charge in [0.25, 0.3) is 0 Å². The highest BCUT2D eigenvalue weighted by molar-refractivity contribution is 5.91. The Morgan fingerprint density at radius 2 is 2.17 bits per heavy atom. The van der Waals surface area contributed by atoms with Gasteiger partial charge < -0.3 is 15.4 Å². The van der Waals surface area contributed by atoms with Crippen molar-refractivity contribution in [2.75, 3.05) is 37.9 Å². The summed E-state index contributed by atoms with van der Waals surface area (Å²) in [6.45, 7) is 1.63. The quantitative estimate of drug-likeness (QED) is 0.642. The standard InChI is InChI=1S/C13H18N4O/c1-17(6-3-7-18-2)13-11-8-10(14)4-5-12(11)15-9-16-13/h4-5,8-9H,3,6-7,14H2,1-2H3. The lowest BCUT2D eigenvalue weighted by Crippen LogP contribution is -2.21. The summed E-state index contributed by atoms with van der Waals surface area (Å²) in [4.78, 5) is 10.7. The third kappa shape index (κ3) is 2.68. The van der Waals surface area contributed by atoms with Crippen LogP contribution in [0.15, 0.2) is 24.5 Å². The summed E-state index contributed by atoms with van der Waals surface area (Å²) in [5.74, 6) is 0.906. The lowest BCUT2D eigenvalue weighted by Gasteiger charge is -2.19. The first kappa shape index (κ1) is 12.6. The second-order valence-corrected chi connectivity index (χ2v) is 4.24. The number of nitrogens with two attached hydrogens (primary N) is 1. The number of hydrogen-bond acceptors (Lipinski definition) is 5. The first-order valence-electron chi connectivity index (χ1n) is 5.92. The maximum Gasteiger partial charge on any atom is 0.139 e. The van der Waals surface area contributed by atoms with E-state index < -0.39 is 0 Å². The maximum absolute atomic E-state index is 5.82. The summed E-state index contributed by atoms with van der Waals surface area (Å²) in [6, 6.07) is 5.68. The van der Waals surface area contributed by atoms with E-state index in [4.69, 9.17) is 10.5 Å². The maximum atomic E-state index is 5.82. The molecule has 18 heavy (non-hydrogen) atoms. The van der Waals surface area contributed by atoms with Gasteiger partial charge in [0, 0.05) is 38.4 Å². The Morgan fingerprint density at radius 1 is 1.33 bits per heavy atom. The molecule has 0 aliphatic heterocycles. The van der Waals surface area contributed by atoms with E-state index in [1.807, 2.05) is 25.2 Å². The van der Waals surface area contributed by atoms with E-state index in [0.717, 1.165) is 42.0 Å². The van der Waals surface area contributed by atoms with E-state index in [1.165, 1.54) is 0 Å². The molecule has 0 aliphatic rings. The molecule has 5 heteroatoms. The Labute approximate surface area is 107 Å². The van der Waals surface area contributed by atoms with Crippen molar-refractivity contribution < 1.29 is 4.74 Å². The van der Waals surface area contributed by atoms with Crippen LogP contribution in [0, 0.1) is 0 Å². The fourth-order valence-corrected chi connectivity index (χ4v) is 1.92. The molecule has 0 saturated heterocycles. The van der Waals surface area contributed by atoms with Crippen molar-refractivity contribution in [1.82, 2.24) is 9.97 Å². The van der Waals surface area contributed by atoms with E-state index in [2.05, 4.69) is 14.9 Å². The third-order valence-electron chi connectivity index (χ3n) is 2.84. The zero-order chi connectivity index (χ0) is 13.0. The van der Waals surface area contributed by atoms with Gasteiger partial charge in [-0.15, -0.1) is 0 Å². The average molecular weight is 246 g/mol. The number of anilines is 2. The normalized spacial score (nSPS) is 10.8. The van der Waals surface area contributed by atoms with Crippen molar-refractivity contribution in [2.24, 2.45) is 0 Å². The van der Waals surface area contributed by atoms with Crippen LogP contribution in [0.25, 0.3) is 10.9 Å². The summed E-state index contributed by atoms with van der Waals surface area (Å²) in [5.41, 5.74) is 7.46. The number of hydrogen-bond donors (Lipinski definition) is 1. The van der Waals surface area contributed by atoms with Crippen molar-refractivity contribution in [3.8, 4) is 0 Å². The van der Waals surface area contributed by atoms with Crippen LogP contribution < -0.4 is 10.6 Å². The largest absolute Gasteiger partial charge is 0.399 e. The predicted octanol–water partition coefficient (Wildman–Crippen LogP) is 1.68. The molecule has 0 unspecified atom stereocenters. The number of nitrogens with zero attached hydrogens (tertiary/aromatic N) is 3. The zero-order valence-corrected chi connectivity index (χ0v) is 10.8. The summed E-state index contributed by atoms with van der Waals surface area (Å²) < 4.78 is 5.06. The van der Waals surface area contributed by atoms with E-state index >= 15 is 0 Å². The molecule has 0 amide bonds. The number of methoxy groups -OCH3 is 1. The number of fused-ring (bicyclic) bond motifs is 1. The van der Waals surface area contributed by atoms with E-state index in [1.54, 1.807) is 13.4 Å². The van der Waals surface area contributed by atoms with Crippen molar-refractivity contribution in [3.05, 3.63) is 24.5 Å². The van der Waals surface area contributed by atoms with Gasteiger partial charge in [0.1, 0.15) is 12.1 Å². The minimum Gasteiger partial charge on any atom is -0.399 e. The molecule has 5 nitrogen and oxygen atoms in total. The van der Waals surface area contributed by atoms with Gasteiger partial charge in [0.2, 0.25) is 0 Å². The van der Waals surface area contributed by atoms with Crippen LogP contribution in [-0.2, 0) is 4.74 Å². The van der Waals surface area contributed by atoms with Crippen LogP contribution in [0.4, 0.5) is 11.5 Å². The fraction of sp³-hybridized carbons (Fsp3) is 0.385. The molecule has 0 fully saturated rings. The van der Waals surface area contributed by atoms with E-state index in [0.29, 0.717) is 0 Å². The predicted molar refractivity (Wildman–Crippen MR) is 73.7 cm³/mol. The second-order valence-electron chi connectivity index (χ2n) is 4.24. The van der Waals surface area contributed by atoms with Crippen LogP contribution in [0.2, 0.25) is 0 Å². The molecule has 0 spiro atoms. The average Bonchev–Trinajstić information content (AvgIpc) is 2.38. The molecule has 2 N–H and O–H groups in total. The van der Waals surface area contributed by atoms with Gasteiger partial charge in [-0.25, -0.2) is 9.97 Å². The Kier molecular flexibility index (Phi) is 3.94. The van der Waals surface area contributed by atoms with Crippen LogP contribution in [0.1, 0.15) is 6.42 Å². The lowest BCUT2D eigenvalue weighted by molar-refractivity contribution is 0.196. The monoisotopic (exact) mass is 246 g/mol. The Balaban J connectivity index is 2.29. The highest BCUT2D eigenvalue weighted by Gasteiger charge is 2.08. The summed E-state index contributed by atoms with van der Waals surface area (Å²) >= 11 is 0. The molecule has 2 rings (SSSR count). The lowest BCUT2D eigenvalue weighted by atomic mass is 10.2. The second kappa shape index (κ2) is 5.64. The van der Waals surface area contributed by atoms with Gasteiger partial charge in [-0.05, 0) is 24.6 Å². The van der Waals surface area contributed by atoms with Gasteiger partial charge in [0.15, 0.2) is 0 Å². The highest BCUT2D eigenvalue weighted by Crippen LogP contribution is 2.24. The van der Waals surface area contributed by atoms with Gasteiger partial charge in [-0.3, -0.25) is 0 Å². The summed E-state index contributed by atoms with van der Waals surface area (Å²) in [6.07, 6.45) is 2.54. The van der Waals surface area contributed by atoms with Crippen LogP contribution >= 0.6 is 0 Å². The zero-order valence-electron chi connectivity index (χ0n) is 10.8. The number of rotatable bonds is 5. The smallest absolute Gasteiger partial charge is 0.139 e. The molecular weight excluding hydrogens is 228 g/mol. The Bertz CT molecular complexity index is 529. The Morgan fingerprint density at radius 3 is 2.94 bits per heavy atom. The van der Waals surface area contributed by atoms with Gasteiger partial charge >= 0.3 is 0 Å². The van der Waals surface area contributed by atoms with E-state index in [9.17, 15) is 0 Å². The third-order valence-corrected chi connectivity index (χ3v) is 2.84. The van der Waals surface area contributed by atoms with Gasteiger partial charge in [0.05, 0.1) is 5.52 Å². The summed E-state index contributed by atoms with van der Waals surface area (Å²) in [5, 5.41) is 0.984. The minimum absolute atomic E-state index is 0.726. The molecule has 0 bridgehead atoms.